The Labute approximate surface area is 134 Å². The molecule has 2 atom stereocenters. The molecule has 0 saturated heterocycles. The Morgan fingerprint density at radius 1 is 0.636 bits per heavy atom. The van der Waals surface area contributed by atoms with Crippen LogP contribution >= 0.6 is 0 Å². The van der Waals surface area contributed by atoms with E-state index in [-0.39, 0.29) is 17.6 Å². The predicted molar refractivity (Wildman–Crippen MR) is 93.7 cm³/mol. The number of benzene rings is 2. The Morgan fingerprint density at radius 3 is 1.18 bits per heavy atom. The van der Waals surface area contributed by atoms with Crippen LogP contribution in [-0.4, -0.2) is 5.78 Å². The van der Waals surface area contributed by atoms with E-state index in [1.807, 2.05) is 13.8 Å². The van der Waals surface area contributed by atoms with Crippen LogP contribution in [0.5, 0.6) is 0 Å². The molecule has 0 radical (unpaired) electrons. The first-order valence-electron chi connectivity index (χ1n) is 7.98. The molecule has 0 aliphatic carbocycles. The molecule has 2 aromatic rings. The second-order valence-corrected chi connectivity index (χ2v) is 6.69. The molecule has 1 heteroatoms. The molecule has 0 saturated carbocycles. The van der Waals surface area contributed by atoms with Crippen LogP contribution in [0.15, 0.2) is 36.4 Å². The topological polar surface area (TPSA) is 17.1 Å². The second kappa shape index (κ2) is 6.48. The number of carbonyl (C=O) groups excluding carboxylic acids is 1. The van der Waals surface area contributed by atoms with Crippen molar-refractivity contribution in [3.05, 3.63) is 69.8 Å². The van der Waals surface area contributed by atoms with Crippen molar-refractivity contribution in [3.8, 4) is 0 Å². The summed E-state index contributed by atoms with van der Waals surface area (Å²) in [7, 11) is 0. The van der Waals surface area contributed by atoms with Crippen LogP contribution < -0.4 is 0 Å². The number of hydrogen-bond donors (Lipinski definition) is 0. The molecular weight excluding hydrogens is 268 g/mol. The molecule has 0 aromatic heterocycles. The first kappa shape index (κ1) is 16.5. The Bertz CT molecular complexity index is 597. The van der Waals surface area contributed by atoms with Crippen molar-refractivity contribution in [2.24, 2.45) is 0 Å². The molecule has 0 N–H and O–H groups in total. The number of aryl methyl sites for hydroxylation is 4. The lowest BCUT2D eigenvalue weighted by molar-refractivity contribution is -0.121. The summed E-state index contributed by atoms with van der Waals surface area (Å²) in [6.07, 6.45) is 0. The molecule has 22 heavy (non-hydrogen) atoms. The van der Waals surface area contributed by atoms with Gasteiger partial charge in [-0.2, -0.15) is 0 Å². The highest BCUT2D eigenvalue weighted by Crippen LogP contribution is 2.28. The van der Waals surface area contributed by atoms with Crippen LogP contribution in [-0.2, 0) is 4.79 Å². The summed E-state index contributed by atoms with van der Waals surface area (Å²) in [5, 5.41) is 0. The lowest BCUT2D eigenvalue weighted by Crippen LogP contribution is -2.17. The smallest absolute Gasteiger partial charge is 0.147 e. The van der Waals surface area contributed by atoms with Crippen molar-refractivity contribution in [3.63, 3.8) is 0 Å². The van der Waals surface area contributed by atoms with Crippen LogP contribution in [0.25, 0.3) is 0 Å². The molecule has 0 amide bonds. The van der Waals surface area contributed by atoms with E-state index < -0.39 is 0 Å². The molecule has 0 heterocycles. The SMILES string of the molecule is Cc1cc(C)cc(C(C)C(=O)C(C)c2cc(C)cc(C)c2)c1. The van der Waals surface area contributed by atoms with Crippen molar-refractivity contribution < 1.29 is 4.79 Å². The van der Waals surface area contributed by atoms with Gasteiger partial charge in [0.25, 0.3) is 0 Å². The molecule has 0 spiro atoms. The fourth-order valence-corrected chi connectivity index (χ4v) is 3.22. The van der Waals surface area contributed by atoms with Crippen LogP contribution in [0, 0.1) is 27.7 Å². The average Bonchev–Trinajstić information content (AvgIpc) is 2.42. The van der Waals surface area contributed by atoms with Crippen LogP contribution in [0.4, 0.5) is 0 Å². The number of carbonyl (C=O) groups is 1. The van der Waals surface area contributed by atoms with Crippen molar-refractivity contribution >= 4 is 5.78 Å². The van der Waals surface area contributed by atoms with Crippen LogP contribution in [0.2, 0.25) is 0 Å². The van der Waals surface area contributed by atoms with Gasteiger partial charge in [-0.3, -0.25) is 4.79 Å². The number of rotatable bonds is 4. The lowest BCUT2D eigenvalue weighted by atomic mass is 9.84. The van der Waals surface area contributed by atoms with E-state index in [4.69, 9.17) is 0 Å². The monoisotopic (exact) mass is 294 g/mol. The van der Waals surface area contributed by atoms with Crippen LogP contribution in [0.3, 0.4) is 0 Å². The Balaban J connectivity index is 2.29. The molecule has 2 aromatic carbocycles. The standard InChI is InChI=1S/C21H26O/c1-13-7-14(2)10-19(9-13)17(5)21(22)18(6)20-11-15(3)8-16(4)12-20/h7-12,17-18H,1-6H3. The van der Waals surface area contributed by atoms with Gasteiger partial charge in [-0.05, 0) is 38.8 Å². The molecule has 1 nitrogen and oxygen atoms in total. The first-order chi connectivity index (χ1) is 10.3. The van der Waals surface area contributed by atoms with Crippen molar-refractivity contribution in [2.45, 2.75) is 53.4 Å². The minimum atomic E-state index is -0.0746. The average molecular weight is 294 g/mol. The third kappa shape index (κ3) is 3.65. The summed E-state index contributed by atoms with van der Waals surface area (Å²) < 4.78 is 0. The predicted octanol–water partition coefficient (Wildman–Crippen LogP) is 5.40. The van der Waals surface area contributed by atoms with E-state index in [1.54, 1.807) is 0 Å². The van der Waals surface area contributed by atoms with Gasteiger partial charge in [0.05, 0.1) is 0 Å². The number of hydrogen-bond acceptors (Lipinski definition) is 1. The van der Waals surface area contributed by atoms with Crippen molar-refractivity contribution in [1.29, 1.82) is 0 Å². The highest BCUT2D eigenvalue weighted by molar-refractivity contribution is 5.91. The van der Waals surface area contributed by atoms with Gasteiger partial charge >= 0.3 is 0 Å². The third-order valence-corrected chi connectivity index (χ3v) is 4.34. The van der Waals surface area contributed by atoms with Gasteiger partial charge in [-0.25, -0.2) is 0 Å². The molecule has 0 aliphatic rings. The maximum atomic E-state index is 12.9. The number of ketones is 1. The summed E-state index contributed by atoms with van der Waals surface area (Å²) in [5.74, 6) is 0.138. The van der Waals surface area contributed by atoms with E-state index in [9.17, 15) is 4.79 Å². The largest absolute Gasteiger partial charge is 0.298 e. The van der Waals surface area contributed by atoms with Crippen LogP contribution in [0.1, 0.15) is 59.1 Å². The zero-order chi connectivity index (χ0) is 16.4. The van der Waals surface area contributed by atoms with Gasteiger partial charge < -0.3 is 0 Å². The van der Waals surface area contributed by atoms with E-state index >= 15 is 0 Å². The highest BCUT2D eigenvalue weighted by atomic mass is 16.1. The molecule has 0 fully saturated rings. The van der Waals surface area contributed by atoms with E-state index in [2.05, 4.69) is 64.1 Å². The second-order valence-electron chi connectivity index (χ2n) is 6.69. The maximum absolute atomic E-state index is 12.9. The Kier molecular flexibility index (Phi) is 4.85. The lowest BCUT2D eigenvalue weighted by Gasteiger charge is -2.19. The normalized spacial score (nSPS) is 13.7. The quantitative estimate of drug-likeness (QED) is 0.738. The van der Waals surface area contributed by atoms with Gasteiger partial charge in [0.2, 0.25) is 0 Å². The molecule has 2 rings (SSSR count). The van der Waals surface area contributed by atoms with Crippen molar-refractivity contribution in [2.75, 3.05) is 0 Å². The maximum Gasteiger partial charge on any atom is 0.147 e. The van der Waals surface area contributed by atoms with E-state index in [0.29, 0.717) is 0 Å². The molecule has 0 bridgehead atoms. The summed E-state index contributed by atoms with van der Waals surface area (Å²) in [6.45, 7) is 12.4. The summed E-state index contributed by atoms with van der Waals surface area (Å²) in [4.78, 5) is 12.9. The molecule has 2 unspecified atom stereocenters. The summed E-state index contributed by atoms with van der Waals surface area (Å²) >= 11 is 0. The number of Topliss-reactive ketones (excluding diaryl/α,β-unsaturated/α-hetero) is 1. The zero-order valence-corrected chi connectivity index (χ0v) is 14.5. The molecule has 116 valence electrons. The third-order valence-electron chi connectivity index (χ3n) is 4.34. The van der Waals surface area contributed by atoms with Gasteiger partial charge in [0.15, 0.2) is 0 Å². The van der Waals surface area contributed by atoms with E-state index in [1.165, 1.54) is 22.3 Å². The summed E-state index contributed by atoms with van der Waals surface area (Å²) in [5.41, 5.74) is 7.11. The van der Waals surface area contributed by atoms with Gasteiger partial charge in [-0.1, -0.05) is 72.5 Å². The van der Waals surface area contributed by atoms with Gasteiger partial charge in [0.1, 0.15) is 5.78 Å². The Morgan fingerprint density at radius 2 is 0.909 bits per heavy atom. The minimum Gasteiger partial charge on any atom is -0.298 e. The van der Waals surface area contributed by atoms with Crippen molar-refractivity contribution in [1.82, 2.24) is 0 Å². The highest BCUT2D eigenvalue weighted by Gasteiger charge is 2.23. The van der Waals surface area contributed by atoms with Gasteiger partial charge in [-0.15, -0.1) is 0 Å². The fourth-order valence-electron chi connectivity index (χ4n) is 3.22. The summed E-state index contributed by atoms with van der Waals surface area (Å²) in [6, 6.07) is 12.8. The zero-order valence-electron chi connectivity index (χ0n) is 14.5. The molecular formula is C21H26O. The fraction of sp³-hybridized carbons (Fsp3) is 0.381. The van der Waals surface area contributed by atoms with Gasteiger partial charge in [0, 0.05) is 11.8 Å². The molecule has 0 aliphatic heterocycles. The minimum absolute atomic E-state index is 0.0746. The van der Waals surface area contributed by atoms with E-state index in [0.717, 1.165) is 11.1 Å². The Hall–Kier alpha value is -1.89. The first-order valence-corrected chi connectivity index (χ1v) is 7.98.